The third-order valence-electron chi connectivity index (χ3n) is 4.27. The Bertz CT molecular complexity index is 650. The zero-order chi connectivity index (χ0) is 17.3. The maximum Gasteiger partial charge on any atom is 0.249 e. The van der Waals surface area contributed by atoms with Crippen molar-refractivity contribution < 1.29 is 4.43 Å². The molecule has 0 radical (unpaired) electrons. The summed E-state index contributed by atoms with van der Waals surface area (Å²) in [5.74, 6) is 1.82. The third-order valence-corrected chi connectivity index (χ3v) is 5.26. The van der Waals surface area contributed by atoms with E-state index in [2.05, 4.69) is 42.9 Å². The van der Waals surface area contributed by atoms with Crippen LogP contribution < -0.4 is 4.90 Å². The van der Waals surface area contributed by atoms with Gasteiger partial charge in [0.1, 0.15) is 0 Å². The van der Waals surface area contributed by atoms with Gasteiger partial charge in [-0.25, -0.2) is 9.67 Å². The van der Waals surface area contributed by atoms with Gasteiger partial charge < -0.3 is 9.33 Å². The molecule has 1 aliphatic heterocycles. The van der Waals surface area contributed by atoms with Crippen LogP contribution in [0.4, 0.5) is 11.9 Å². The van der Waals surface area contributed by atoms with Gasteiger partial charge in [-0.2, -0.15) is 4.98 Å². The van der Waals surface area contributed by atoms with Gasteiger partial charge in [0.15, 0.2) is 8.32 Å². The third kappa shape index (κ3) is 3.51. The quantitative estimate of drug-likeness (QED) is 0.562. The first-order valence-electron chi connectivity index (χ1n) is 8.59. The van der Waals surface area contributed by atoms with E-state index < -0.39 is 8.32 Å². The Kier molecular flexibility index (Phi) is 4.73. The van der Waals surface area contributed by atoms with E-state index in [0.717, 1.165) is 19.4 Å². The number of rotatable bonds is 7. The van der Waals surface area contributed by atoms with E-state index in [9.17, 15) is 0 Å². The van der Waals surface area contributed by atoms with Crippen molar-refractivity contribution in [3.05, 3.63) is 25.3 Å². The van der Waals surface area contributed by atoms with Crippen molar-refractivity contribution in [1.29, 1.82) is 0 Å². The molecule has 1 aromatic heterocycles. The summed E-state index contributed by atoms with van der Waals surface area (Å²) < 4.78 is 8.26. The lowest BCUT2D eigenvalue weighted by atomic mass is 10.1. The van der Waals surface area contributed by atoms with Crippen LogP contribution in [0.3, 0.4) is 0 Å². The first kappa shape index (κ1) is 17.1. The van der Waals surface area contributed by atoms with Crippen LogP contribution in [0.5, 0.6) is 0 Å². The van der Waals surface area contributed by atoms with Crippen LogP contribution in [0.2, 0.25) is 19.6 Å². The molecule has 24 heavy (non-hydrogen) atoms. The van der Waals surface area contributed by atoms with E-state index in [1.54, 1.807) is 0 Å². The molecule has 1 aromatic rings. The van der Waals surface area contributed by atoms with Crippen LogP contribution in [-0.2, 0) is 11.0 Å². The second-order valence-corrected chi connectivity index (χ2v) is 11.9. The molecule has 0 saturated heterocycles. The molecule has 2 unspecified atom stereocenters. The van der Waals surface area contributed by atoms with Gasteiger partial charge in [-0.3, -0.25) is 0 Å². The number of aliphatic imine (C=N–C) groups is 1. The largest absolute Gasteiger partial charge is 0.409 e. The molecule has 0 amide bonds. The molecule has 2 heterocycles. The molecule has 130 valence electrons. The van der Waals surface area contributed by atoms with E-state index in [1.807, 2.05) is 21.7 Å². The molecule has 2 atom stereocenters. The van der Waals surface area contributed by atoms with E-state index in [0.29, 0.717) is 30.9 Å². The molecular formula is C17H27N5OSi. The normalized spacial score (nSPS) is 22.5. The lowest BCUT2D eigenvalue weighted by Gasteiger charge is -2.26. The van der Waals surface area contributed by atoms with Crippen molar-refractivity contribution in [2.24, 2.45) is 10.9 Å². The molecule has 0 bridgehead atoms. The SMILES string of the molecule is C=CCN(CC=C)c1nc2n(n1)CC1CCC(O[Si](C)(C)C)C1=N2. The highest BCUT2D eigenvalue weighted by atomic mass is 28.4. The predicted molar refractivity (Wildman–Crippen MR) is 101 cm³/mol. The first-order valence-corrected chi connectivity index (χ1v) is 12.0. The summed E-state index contributed by atoms with van der Waals surface area (Å²) in [6.07, 6.45) is 6.04. The van der Waals surface area contributed by atoms with Crippen molar-refractivity contribution >= 4 is 25.9 Å². The number of anilines is 1. The molecule has 2 aliphatic rings. The topological polar surface area (TPSA) is 55.5 Å². The van der Waals surface area contributed by atoms with E-state index in [4.69, 9.17) is 9.42 Å². The summed E-state index contributed by atoms with van der Waals surface area (Å²) in [5, 5.41) is 4.65. The Hall–Kier alpha value is -1.73. The van der Waals surface area contributed by atoms with Gasteiger partial charge in [0.05, 0.1) is 18.4 Å². The molecule has 0 aromatic carbocycles. The van der Waals surface area contributed by atoms with Crippen LogP contribution in [0.15, 0.2) is 30.3 Å². The molecule has 1 aliphatic carbocycles. The van der Waals surface area contributed by atoms with E-state index in [-0.39, 0.29) is 6.10 Å². The molecule has 0 N–H and O–H groups in total. The highest BCUT2D eigenvalue weighted by Crippen LogP contribution is 2.35. The van der Waals surface area contributed by atoms with Crippen LogP contribution in [-0.4, -0.2) is 48.0 Å². The van der Waals surface area contributed by atoms with Gasteiger partial charge in [-0.1, -0.05) is 12.2 Å². The van der Waals surface area contributed by atoms with Crippen LogP contribution in [0.1, 0.15) is 12.8 Å². The van der Waals surface area contributed by atoms with Crippen molar-refractivity contribution in [2.75, 3.05) is 18.0 Å². The smallest absolute Gasteiger partial charge is 0.249 e. The summed E-state index contributed by atoms with van der Waals surface area (Å²) in [6, 6.07) is 0. The average Bonchev–Trinajstić information content (AvgIpc) is 3.07. The highest BCUT2D eigenvalue weighted by molar-refractivity contribution is 6.69. The number of nitrogens with zero attached hydrogens (tertiary/aromatic N) is 5. The predicted octanol–water partition coefficient (Wildman–Crippen LogP) is 3.17. The van der Waals surface area contributed by atoms with Crippen LogP contribution in [0.25, 0.3) is 0 Å². The van der Waals surface area contributed by atoms with Crippen LogP contribution in [0, 0.1) is 5.92 Å². The number of fused-ring (bicyclic) bond motifs is 2. The minimum absolute atomic E-state index is 0.160. The Balaban J connectivity index is 1.85. The Morgan fingerprint density at radius 3 is 2.58 bits per heavy atom. The Labute approximate surface area is 145 Å². The number of hydrogen-bond donors (Lipinski definition) is 0. The van der Waals surface area contributed by atoms with Gasteiger partial charge >= 0.3 is 0 Å². The fourth-order valence-corrected chi connectivity index (χ4v) is 4.43. The Morgan fingerprint density at radius 2 is 1.96 bits per heavy atom. The van der Waals surface area contributed by atoms with Gasteiger partial charge in [-0.05, 0) is 32.5 Å². The van der Waals surface area contributed by atoms with Gasteiger partial charge in [0.2, 0.25) is 11.9 Å². The van der Waals surface area contributed by atoms with Crippen molar-refractivity contribution in [3.63, 3.8) is 0 Å². The maximum atomic E-state index is 6.33. The van der Waals surface area contributed by atoms with Gasteiger partial charge in [0, 0.05) is 19.0 Å². The maximum absolute atomic E-state index is 6.33. The van der Waals surface area contributed by atoms with E-state index in [1.165, 1.54) is 5.71 Å². The van der Waals surface area contributed by atoms with Gasteiger partial charge in [-0.15, -0.1) is 18.3 Å². The second-order valence-electron chi connectivity index (χ2n) is 7.41. The Morgan fingerprint density at radius 1 is 1.25 bits per heavy atom. The molecule has 1 fully saturated rings. The number of hydrogen-bond acceptors (Lipinski definition) is 5. The fourth-order valence-electron chi connectivity index (χ4n) is 3.34. The van der Waals surface area contributed by atoms with Crippen molar-refractivity contribution in [2.45, 2.75) is 45.1 Å². The number of aromatic nitrogens is 3. The standard InChI is InChI=1S/C17H27N5OSi/c1-6-10-21(11-7-2)17-19-16-18-15-13(12-22(16)20-17)8-9-14(15)23-24(3,4)5/h6-7,13-14H,1-2,8-12H2,3-5H3. The lowest BCUT2D eigenvalue weighted by Crippen LogP contribution is -2.36. The lowest BCUT2D eigenvalue weighted by molar-refractivity contribution is 0.260. The molecule has 0 spiro atoms. The zero-order valence-electron chi connectivity index (χ0n) is 14.9. The molecular weight excluding hydrogens is 318 g/mol. The van der Waals surface area contributed by atoms with Crippen molar-refractivity contribution in [3.8, 4) is 0 Å². The molecule has 6 nitrogen and oxygen atoms in total. The highest BCUT2D eigenvalue weighted by Gasteiger charge is 2.39. The van der Waals surface area contributed by atoms with Crippen molar-refractivity contribution in [1.82, 2.24) is 14.8 Å². The zero-order valence-corrected chi connectivity index (χ0v) is 15.9. The fraction of sp³-hybridized carbons (Fsp3) is 0.588. The first-order chi connectivity index (χ1) is 11.4. The second kappa shape index (κ2) is 6.64. The minimum Gasteiger partial charge on any atom is -0.409 e. The van der Waals surface area contributed by atoms with Gasteiger partial charge in [0.25, 0.3) is 0 Å². The molecule has 1 saturated carbocycles. The summed E-state index contributed by atoms with van der Waals surface area (Å²) in [4.78, 5) is 11.5. The summed E-state index contributed by atoms with van der Waals surface area (Å²) >= 11 is 0. The van der Waals surface area contributed by atoms with E-state index >= 15 is 0 Å². The monoisotopic (exact) mass is 345 g/mol. The summed E-state index contributed by atoms with van der Waals surface area (Å²) in [5.41, 5.74) is 1.17. The molecule has 7 heteroatoms. The molecule has 3 rings (SSSR count). The summed E-state index contributed by atoms with van der Waals surface area (Å²) in [7, 11) is -1.58. The minimum atomic E-state index is -1.58. The summed E-state index contributed by atoms with van der Waals surface area (Å²) in [6.45, 7) is 16.5. The average molecular weight is 346 g/mol. The van der Waals surface area contributed by atoms with Crippen LogP contribution >= 0.6 is 0 Å².